The van der Waals surface area contributed by atoms with Gasteiger partial charge < -0.3 is 15.5 Å². The number of amides is 1. The summed E-state index contributed by atoms with van der Waals surface area (Å²) in [7, 11) is 0. The molecule has 0 aliphatic heterocycles. The lowest BCUT2D eigenvalue weighted by Gasteiger charge is -2.21. The van der Waals surface area contributed by atoms with Crippen LogP contribution in [0.1, 0.15) is 35.3 Å². The van der Waals surface area contributed by atoms with E-state index in [9.17, 15) is 4.79 Å². The zero-order chi connectivity index (χ0) is 20.8. The molecule has 150 valence electrons. The molecule has 2 N–H and O–H groups in total. The Morgan fingerprint density at radius 3 is 2.21 bits per heavy atom. The highest BCUT2D eigenvalue weighted by molar-refractivity contribution is 6.04. The van der Waals surface area contributed by atoms with E-state index >= 15 is 0 Å². The highest BCUT2D eigenvalue weighted by Gasteiger charge is 2.09. The Kier molecular flexibility index (Phi) is 6.50. The van der Waals surface area contributed by atoms with E-state index in [1.807, 2.05) is 43.3 Å². The maximum atomic E-state index is 12.6. The molecule has 0 unspecified atom stereocenters. The number of anilines is 4. The van der Waals surface area contributed by atoms with Gasteiger partial charge in [0.2, 0.25) is 0 Å². The third-order valence-electron chi connectivity index (χ3n) is 5.05. The number of hydrogen-bond donors (Lipinski definition) is 2. The van der Waals surface area contributed by atoms with Crippen LogP contribution in [0.2, 0.25) is 0 Å². The molecule has 0 radical (unpaired) electrons. The second kappa shape index (κ2) is 9.24. The SMILES string of the molecule is CCN(CC)c1ccc(Nc2cncc(C(=O)Nc3ccc(C)c(C)c3)c2)cc1. The minimum absolute atomic E-state index is 0.179. The molecule has 1 aromatic heterocycles. The first-order valence-electron chi connectivity index (χ1n) is 9.95. The summed E-state index contributed by atoms with van der Waals surface area (Å²) in [5.74, 6) is -0.179. The zero-order valence-electron chi connectivity index (χ0n) is 17.5. The number of nitrogens with one attached hydrogen (secondary N) is 2. The molecule has 3 aromatic rings. The van der Waals surface area contributed by atoms with Crippen molar-refractivity contribution >= 4 is 28.7 Å². The molecule has 0 atom stereocenters. The molecule has 5 nitrogen and oxygen atoms in total. The van der Waals surface area contributed by atoms with Crippen molar-refractivity contribution in [3.8, 4) is 0 Å². The molecule has 0 fully saturated rings. The van der Waals surface area contributed by atoms with E-state index in [0.29, 0.717) is 5.56 Å². The van der Waals surface area contributed by atoms with Crippen LogP contribution in [0.4, 0.5) is 22.7 Å². The lowest BCUT2D eigenvalue weighted by Crippen LogP contribution is -2.21. The van der Waals surface area contributed by atoms with Gasteiger partial charge >= 0.3 is 0 Å². The van der Waals surface area contributed by atoms with Gasteiger partial charge in [-0.2, -0.15) is 0 Å². The predicted octanol–water partition coefficient (Wildman–Crippen LogP) is 5.54. The normalized spacial score (nSPS) is 10.5. The fourth-order valence-corrected chi connectivity index (χ4v) is 3.17. The summed E-state index contributed by atoms with van der Waals surface area (Å²) in [5, 5.41) is 6.26. The summed E-state index contributed by atoms with van der Waals surface area (Å²) in [6, 6.07) is 16.0. The van der Waals surface area contributed by atoms with Gasteiger partial charge in [0.1, 0.15) is 0 Å². The summed E-state index contributed by atoms with van der Waals surface area (Å²) in [4.78, 5) is 19.1. The molecular weight excluding hydrogens is 360 g/mol. The minimum Gasteiger partial charge on any atom is -0.372 e. The zero-order valence-corrected chi connectivity index (χ0v) is 17.5. The van der Waals surface area contributed by atoms with E-state index in [-0.39, 0.29) is 5.91 Å². The van der Waals surface area contributed by atoms with Crippen molar-refractivity contribution < 1.29 is 4.79 Å². The van der Waals surface area contributed by atoms with Crippen LogP contribution in [0.3, 0.4) is 0 Å². The number of hydrogen-bond acceptors (Lipinski definition) is 4. The molecule has 0 aliphatic rings. The largest absolute Gasteiger partial charge is 0.372 e. The van der Waals surface area contributed by atoms with E-state index in [4.69, 9.17) is 0 Å². The van der Waals surface area contributed by atoms with Gasteiger partial charge in [-0.15, -0.1) is 0 Å². The summed E-state index contributed by atoms with van der Waals surface area (Å²) in [6.07, 6.45) is 3.29. The number of aryl methyl sites for hydroxylation is 2. The van der Waals surface area contributed by atoms with Gasteiger partial charge in [-0.25, -0.2) is 0 Å². The molecule has 5 heteroatoms. The van der Waals surface area contributed by atoms with Crippen molar-refractivity contribution in [3.63, 3.8) is 0 Å². The second-order valence-electron chi connectivity index (χ2n) is 7.06. The Labute approximate surface area is 172 Å². The van der Waals surface area contributed by atoms with Crippen molar-refractivity contribution in [1.29, 1.82) is 0 Å². The van der Waals surface area contributed by atoms with Crippen LogP contribution in [-0.2, 0) is 0 Å². The van der Waals surface area contributed by atoms with E-state index in [1.54, 1.807) is 12.4 Å². The van der Waals surface area contributed by atoms with Crippen molar-refractivity contribution in [2.45, 2.75) is 27.7 Å². The molecule has 1 heterocycles. The molecule has 0 saturated heterocycles. The molecule has 0 saturated carbocycles. The van der Waals surface area contributed by atoms with Crippen LogP contribution in [0.5, 0.6) is 0 Å². The molecule has 2 aromatic carbocycles. The summed E-state index contributed by atoms with van der Waals surface area (Å²) in [5.41, 5.74) is 6.55. The lowest BCUT2D eigenvalue weighted by molar-refractivity contribution is 0.102. The average molecular weight is 389 g/mol. The van der Waals surface area contributed by atoms with Crippen molar-refractivity contribution in [3.05, 3.63) is 77.6 Å². The van der Waals surface area contributed by atoms with Gasteiger partial charge in [0.05, 0.1) is 17.4 Å². The smallest absolute Gasteiger partial charge is 0.257 e. The molecular formula is C24H28N4O. The Morgan fingerprint density at radius 2 is 1.55 bits per heavy atom. The quantitative estimate of drug-likeness (QED) is 0.558. The van der Waals surface area contributed by atoms with Gasteiger partial charge in [0, 0.05) is 36.3 Å². The first kappa shape index (κ1) is 20.4. The van der Waals surface area contributed by atoms with Crippen LogP contribution < -0.4 is 15.5 Å². The fraction of sp³-hybridized carbons (Fsp3) is 0.250. The Bertz CT molecular complexity index is 978. The number of pyridine rings is 1. The molecule has 29 heavy (non-hydrogen) atoms. The van der Waals surface area contributed by atoms with Crippen LogP contribution in [0.25, 0.3) is 0 Å². The molecule has 0 spiro atoms. The Morgan fingerprint density at radius 1 is 0.862 bits per heavy atom. The van der Waals surface area contributed by atoms with Crippen LogP contribution in [-0.4, -0.2) is 24.0 Å². The number of aromatic nitrogens is 1. The number of carbonyl (C=O) groups excluding carboxylic acids is 1. The van der Waals surface area contributed by atoms with Gasteiger partial charge in [0.25, 0.3) is 5.91 Å². The van der Waals surface area contributed by atoms with Gasteiger partial charge in [0.15, 0.2) is 0 Å². The summed E-state index contributed by atoms with van der Waals surface area (Å²) in [6.45, 7) is 10.3. The topological polar surface area (TPSA) is 57.3 Å². The summed E-state index contributed by atoms with van der Waals surface area (Å²) < 4.78 is 0. The number of nitrogens with zero attached hydrogens (tertiary/aromatic N) is 2. The Hall–Kier alpha value is -3.34. The maximum Gasteiger partial charge on any atom is 0.257 e. The minimum atomic E-state index is -0.179. The number of benzene rings is 2. The van der Waals surface area contributed by atoms with E-state index in [2.05, 4.69) is 53.4 Å². The standard InChI is InChI=1S/C24H28N4O/c1-5-28(6-2)23-11-9-20(10-12-23)26-22-14-19(15-25-16-22)24(29)27-21-8-7-17(3)18(4)13-21/h7-16,26H,5-6H2,1-4H3,(H,27,29). The number of rotatable bonds is 7. The van der Waals surface area contributed by atoms with Gasteiger partial charge in [-0.1, -0.05) is 6.07 Å². The highest BCUT2D eigenvalue weighted by Crippen LogP contribution is 2.22. The Balaban J connectivity index is 1.70. The van der Waals surface area contributed by atoms with Crippen LogP contribution in [0.15, 0.2) is 60.9 Å². The highest BCUT2D eigenvalue weighted by atomic mass is 16.1. The average Bonchev–Trinajstić information content (AvgIpc) is 2.73. The van der Waals surface area contributed by atoms with E-state index < -0.39 is 0 Å². The predicted molar refractivity (Wildman–Crippen MR) is 121 cm³/mol. The maximum absolute atomic E-state index is 12.6. The molecule has 0 bridgehead atoms. The fourth-order valence-electron chi connectivity index (χ4n) is 3.17. The van der Waals surface area contributed by atoms with E-state index in [1.165, 1.54) is 11.3 Å². The number of carbonyl (C=O) groups is 1. The van der Waals surface area contributed by atoms with Gasteiger partial charge in [-0.3, -0.25) is 9.78 Å². The first-order chi connectivity index (χ1) is 14.0. The molecule has 0 aliphatic carbocycles. The third-order valence-corrected chi connectivity index (χ3v) is 5.05. The van der Waals surface area contributed by atoms with Crippen molar-refractivity contribution in [1.82, 2.24) is 4.98 Å². The third kappa shape index (κ3) is 5.13. The monoisotopic (exact) mass is 388 g/mol. The molecule has 3 rings (SSSR count). The van der Waals surface area contributed by atoms with Crippen LogP contribution in [0, 0.1) is 13.8 Å². The molecule has 1 amide bonds. The second-order valence-corrected chi connectivity index (χ2v) is 7.06. The van der Waals surface area contributed by atoms with Gasteiger partial charge in [-0.05, 0) is 81.3 Å². The van der Waals surface area contributed by atoms with E-state index in [0.717, 1.165) is 35.7 Å². The first-order valence-corrected chi connectivity index (χ1v) is 9.95. The van der Waals surface area contributed by atoms with Crippen molar-refractivity contribution in [2.75, 3.05) is 28.6 Å². The lowest BCUT2D eigenvalue weighted by atomic mass is 10.1. The summed E-state index contributed by atoms with van der Waals surface area (Å²) >= 11 is 0. The van der Waals surface area contributed by atoms with Crippen LogP contribution >= 0.6 is 0 Å². The van der Waals surface area contributed by atoms with Crippen molar-refractivity contribution in [2.24, 2.45) is 0 Å².